The van der Waals surface area contributed by atoms with Gasteiger partial charge in [-0.25, -0.2) is 0 Å². The molecule has 0 heterocycles. The minimum Gasteiger partial charge on any atom is -1.00 e. The van der Waals surface area contributed by atoms with Crippen LogP contribution < -0.4 is 74.4 Å². The third kappa shape index (κ3) is 65.3. The molecule has 0 amide bonds. The van der Waals surface area contributed by atoms with Crippen LogP contribution in [0.2, 0.25) is 0 Å². The summed E-state index contributed by atoms with van der Waals surface area (Å²) in [5.74, 6) is 0. The standard InChI is InChI=1S/AsH6.6ClH.Ga/h1H6;6*1H;/q+3;;;;;;;+3/p-6. The number of rotatable bonds is 0. The third-order valence-electron chi connectivity index (χ3n) is 0. The summed E-state index contributed by atoms with van der Waals surface area (Å²) in [4.78, 5) is 0. The summed E-state index contributed by atoms with van der Waals surface area (Å²) in [6.45, 7) is 0. The van der Waals surface area contributed by atoms with Gasteiger partial charge in [0.15, 0.2) is 0 Å². The van der Waals surface area contributed by atoms with Crippen molar-refractivity contribution < 1.29 is 74.4 Å². The van der Waals surface area contributed by atoms with Gasteiger partial charge in [-0.3, -0.25) is 0 Å². The van der Waals surface area contributed by atoms with E-state index in [1.807, 2.05) is 0 Å². The van der Waals surface area contributed by atoms with E-state index in [1.165, 1.54) is 0 Å². The van der Waals surface area contributed by atoms with Gasteiger partial charge in [0.2, 0.25) is 0 Å². The van der Waals surface area contributed by atoms with Gasteiger partial charge >= 0.3 is 37.7 Å². The van der Waals surface area contributed by atoms with Crippen LogP contribution in [-0.2, 0) is 0 Å². The molecule has 0 aromatic rings. The molecule has 0 aliphatic carbocycles. The molecule has 8 heavy (non-hydrogen) atoms. The molecule has 0 unspecified atom stereocenters. The van der Waals surface area contributed by atoms with E-state index in [-0.39, 0.29) is 112 Å². The van der Waals surface area contributed by atoms with Gasteiger partial charge in [0, 0.05) is 0 Å². The number of hydrogen-bond acceptors (Lipinski definition) is 0. The van der Waals surface area contributed by atoms with Crippen molar-refractivity contribution in [2.75, 3.05) is 0 Å². The Bertz CT molecular complexity index is 8.49. The summed E-state index contributed by atoms with van der Waals surface area (Å²) in [6, 6.07) is 0. The van der Waals surface area contributed by atoms with Crippen LogP contribution in [0.5, 0.6) is 0 Å². The molecule has 0 aliphatic heterocycles. The van der Waals surface area contributed by atoms with E-state index in [0.717, 1.165) is 0 Å². The Balaban J connectivity index is 0. The maximum absolute atomic E-state index is 0. The van der Waals surface area contributed by atoms with E-state index in [2.05, 4.69) is 0 Å². The summed E-state index contributed by atoms with van der Waals surface area (Å²) < 4.78 is 0. The van der Waals surface area contributed by atoms with Crippen molar-refractivity contribution in [3.05, 3.63) is 0 Å². The molecule has 0 rings (SSSR count). The zero-order valence-corrected chi connectivity index (χ0v) is 9.80. The number of hydrogen-bond donors (Lipinski definition) is 0. The van der Waals surface area contributed by atoms with Crippen molar-refractivity contribution in [2.45, 2.75) is 0 Å². The topological polar surface area (TPSA) is 0 Å². The minimum absolute atomic E-state index is 0. The monoisotopic (exact) mass is 360 g/mol. The molecular formula is H6AsCl6Ga. The second kappa shape index (κ2) is 92.1. The molecule has 0 saturated heterocycles. The molecule has 0 N–H and O–H groups in total. The van der Waals surface area contributed by atoms with Gasteiger partial charge < -0.3 is 74.4 Å². The normalized spacial score (nSPS) is 0. The Labute approximate surface area is 111 Å². The van der Waals surface area contributed by atoms with E-state index in [4.69, 9.17) is 0 Å². The summed E-state index contributed by atoms with van der Waals surface area (Å²) in [7, 11) is 0. The fourth-order valence-corrected chi connectivity index (χ4v) is 0. The van der Waals surface area contributed by atoms with Gasteiger partial charge in [0.25, 0.3) is 0 Å². The van der Waals surface area contributed by atoms with Gasteiger partial charge in [-0.15, -0.1) is 0 Å². The molecule has 0 saturated carbocycles. The Hall–Kier alpha value is 2.93. The summed E-state index contributed by atoms with van der Waals surface area (Å²) in [6.07, 6.45) is 0. The van der Waals surface area contributed by atoms with Crippen molar-refractivity contribution in [3.63, 3.8) is 0 Å². The van der Waals surface area contributed by atoms with Crippen molar-refractivity contribution >= 4 is 37.7 Å². The first-order valence-electron chi connectivity index (χ1n) is 0. The van der Waals surface area contributed by atoms with Gasteiger partial charge in [-0.1, -0.05) is 0 Å². The summed E-state index contributed by atoms with van der Waals surface area (Å²) >= 11 is 0. The second-order valence-corrected chi connectivity index (χ2v) is 0. The molecule has 8 heteroatoms. The van der Waals surface area contributed by atoms with Crippen LogP contribution in [0.1, 0.15) is 0 Å². The molecule has 0 spiro atoms. The third-order valence-corrected chi connectivity index (χ3v) is 0. The smallest absolute Gasteiger partial charge is 1.00 e. The molecule has 0 radical (unpaired) electrons. The van der Waals surface area contributed by atoms with E-state index in [9.17, 15) is 0 Å². The number of halogens is 6. The van der Waals surface area contributed by atoms with Crippen LogP contribution >= 0.6 is 0 Å². The van der Waals surface area contributed by atoms with Gasteiger partial charge in [-0.2, -0.15) is 0 Å². The van der Waals surface area contributed by atoms with Gasteiger partial charge in [0.05, 0.1) is 0 Å². The predicted molar refractivity (Wildman–Crippen MR) is 19.9 cm³/mol. The van der Waals surface area contributed by atoms with Crippen LogP contribution in [0, 0.1) is 0 Å². The largest absolute Gasteiger partial charge is 3.00 e. The van der Waals surface area contributed by atoms with Crippen LogP contribution in [0.15, 0.2) is 0 Å². The van der Waals surface area contributed by atoms with Crippen molar-refractivity contribution in [3.8, 4) is 0 Å². The molecule has 0 atom stereocenters. The molecule has 0 bridgehead atoms. The first-order valence-corrected chi connectivity index (χ1v) is 0. The van der Waals surface area contributed by atoms with Crippen LogP contribution in [0.4, 0.5) is 0 Å². The molecule has 0 fully saturated rings. The molecule has 0 aliphatic rings. The second-order valence-electron chi connectivity index (χ2n) is 0. The summed E-state index contributed by atoms with van der Waals surface area (Å²) in [5, 5.41) is 0. The van der Waals surface area contributed by atoms with E-state index >= 15 is 0 Å². The van der Waals surface area contributed by atoms with Crippen molar-refractivity contribution in [1.29, 1.82) is 0 Å². The quantitative estimate of drug-likeness (QED) is 0.375. The average Bonchev–Trinajstić information content (AvgIpc) is 0. The molecular weight excluding hydrogens is 357 g/mol. The van der Waals surface area contributed by atoms with E-state index in [1.54, 1.807) is 0 Å². The Morgan fingerprint density at radius 1 is 0.375 bits per heavy atom. The van der Waals surface area contributed by atoms with Crippen molar-refractivity contribution in [1.82, 2.24) is 0 Å². The average molecular weight is 363 g/mol. The predicted octanol–water partition coefficient (Wildman–Crippen LogP) is -20.3. The fourth-order valence-electron chi connectivity index (χ4n) is 0. The SMILES string of the molecule is [AsH6+3].[Cl-].[Cl-].[Cl-].[Cl-].[Cl-].[Cl-].[Ga+3]. The van der Waals surface area contributed by atoms with Crippen molar-refractivity contribution in [2.24, 2.45) is 0 Å². The Kier molecular flexibility index (Phi) is 1440. The van der Waals surface area contributed by atoms with Gasteiger partial charge in [-0.05, 0) is 0 Å². The van der Waals surface area contributed by atoms with Crippen LogP contribution in [0.25, 0.3) is 0 Å². The Morgan fingerprint density at radius 2 is 0.375 bits per heavy atom. The van der Waals surface area contributed by atoms with E-state index < -0.39 is 0 Å². The Morgan fingerprint density at radius 3 is 0.375 bits per heavy atom. The van der Waals surface area contributed by atoms with Crippen LogP contribution in [-0.4, -0.2) is 37.7 Å². The van der Waals surface area contributed by atoms with E-state index in [0.29, 0.717) is 0 Å². The molecule has 56 valence electrons. The maximum Gasteiger partial charge on any atom is 3.00 e. The maximum atomic E-state index is 0. The first kappa shape index (κ1) is 125. The zero-order chi connectivity index (χ0) is 0. The molecule has 0 nitrogen and oxygen atoms in total. The minimum atomic E-state index is 0. The molecule has 0 aromatic carbocycles. The first-order chi connectivity index (χ1) is 0. The fraction of sp³-hybridized carbons (Fsp3) is 0. The van der Waals surface area contributed by atoms with Gasteiger partial charge in [0.1, 0.15) is 0 Å². The summed E-state index contributed by atoms with van der Waals surface area (Å²) in [5.41, 5.74) is 0. The molecule has 0 aromatic heterocycles. The zero-order valence-electron chi connectivity index (χ0n) is 2.85. The van der Waals surface area contributed by atoms with Crippen LogP contribution in [0.3, 0.4) is 0 Å².